The Hall–Kier alpha value is -1.87. The highest BCUT2D eigenvalue weighted by Crippen LogP contribution is 2.53. The van der Waals surface area contributed by atoms with Crippen LogP contribution >= 0.6 is 0 Å². The molecule has 0 spiro atoms. The van der Waals surface area contributed by atoms with Gasteiger partial charge >= 0.3 is 0 Å². The summed E-state index contributed by atoms with van der Waals surface area (Å²) < 4.78 is 35.7. The van der Waals surface area contributed by atoms with Gasteiger partial charge in [0, 0.05) is 61.6 Å². The highest BCUT2D eigenvalue weighted by atomic mass is 32.2. The van der Waals surface area contributed by atoms with Gasteiger partial charge in [-0.2, -0.15) is 0 Å². The lowest BCUT2D eigenvalue weighted by Gasteiger charge is -2.50. The fraction of sp³-hybridized carbons (Fsp3) is 0.722. The van der Waals surface area contributed by atoms with E-state index in [0.717, 1.165) is 62.0 Å². The molecule has 4 fully saturated rings. The number of fused-ring (bicyclic) bond motifs is 4. The zero-order valence-corrected chi connectivity index (χ0v) is 28.7. The summed E-state index contributed by atoms with van der Waals surface area (Å²) in [5.74, 6) is 0.284. The van der Waals surface area contributed by atoms with Crippen molar-refractivity contribution in [2.75, 3.05) is 72.3 Å². The molecule has 3 atom stereocenters. The van der Waals surface area contributed by atoms with Gasteiger partial charge in [-0.3, -0.25) is 4.90 Å². The largest absolute Gasteiger partial charge is 0.494 e. The summed E-state index contributed by atoms with van der Waals surface area (Å²) in [4.78, 5) is 5.17. The number of nitrogens with zero attached hydrogens (tertiary/aromatic N) is 3. The Labute approximate surface area is 267 Å². The Morgan fingerprint density at radius 2 is 1.59 bits per heavy atom. The normalized spacial score (nSPS) is 30.6. The van der Waals surface area contributed by atoms with E-state index in [9.17, 15) is 13.5 Å². The summed E-state index contributed by atoms with van der Waals surface area (Å²) in [5.41, 5.74) is 1.45. The second-order valence-electron chi connectivity index (χ2n) is 14.4. The van der Waals surface area contributed by atoms with Crippen LogP contribution < -0.4 is 4.74 Å². The van der Waals surface area contributed by atoms with Crippen molar-refractivity contribution in [2.24, 2.45) is 11.3 Å². The number of allylic oxidation sites excluding steroid dienone is 4. The molecular formula is C36H58N3O4S+. The third-order valence-corrected chi connectivity index (χ3v) is 13.4. The summed E-state index contributed by atoms with van der Waals surface area (Å²) >= 11 is 0. The highest BCUT2D eigenvalue weighted by Gasteiger charge is 2.53. The molecule has 6 rings (SSSR count). The molecule has 1 aliphatic carbocycles. The van der Waals surface area contributed by atoms with Crippen LogP contribution in [0.4, 0.5) is 0 Å². The van der Waals surface area contributed by atoms with E-state index in [2.05, 4.69) is 35.8 Å². The lowest BCUT2D eigenvalue weighted by atomic mass is 9.65. The second-order valence-corrected chi connectivity index (χ2v) is 16.4. The molecule has 2 bridgehead atoms. The molecule has 0 radical (unpaired) electrons. The predicted octanol–water partition coefficient (Wildman–Crippen LogP) is 5.58. The van der Waals surface area contributed by atoms with E-state index in [-0.39, 0.29) is 17.6 Å². The average molecular weight is 629 g/mol. The van der Waals surface area contributed by atoms with Crippen LogP contribution in [0.1, 0.15) is 83.1 Å². The Kier molecular flexibility index (Phi) is 10.9. The number of aliphatic hydroxyl groups excluding tert-OH is 1. The van der Waals surface area contributed by atoms with E-state index in [0.29, 0.717) is 17.9 Å². The van der Waals surface area contributed by atoms with Crippen molar-refractivity contribution in [1.29, 1.82) is 0 Å². The molecule has 246 valence electrons. The number of sulfone groups is 1. The molecule has 1 unspecified atom stereocenters. The van der Waals surface area contributed by atoms with Gasteiger partial charge in [0.1, 0.15) is 5.75 Å². The number of hydrogen-bond acceptors (Lipinski definition) is 6. The number of piperazine rings is 3. The number of aliphatic hydroxyl groups is 1. The number of ether oxygens (including phenoxy) is 1. The van der Waals surface area contributed by atoms with Gasteiger partial charge in [-0.1, -0.05) is 51.7 Å². The molecule has 7 nitrogen and oxygen atoms in total. The van der Waals surface area contributed by atoms with Crippen molar-refractivity contribution < 1.29 is 22.7 Å². The van der Waals surface area contributed by atoms with Crippen LogP contribution in [0.5, 0.6) is 5.75 Å². The van der Waals surface area contributed by atoms with Crippen LogP contribution in [0, 0.1) is 11.3 Å². The first-order chi connectivity index (χ1) is 21.1. The molecule has 5 aliphatic rings. The molecule has 1 aromatic rings. The van der Waals surface area contributed by atoms with E-state index in [4.69, 9.17) is 4.74 Å². The Balaban J connectivity index is 1.34. The van der Waals surface area contributed by atoms with E-state index >= 15 is 0 Å². The van der Waals surface area contributed by atoms with Crippen molar-refractivity contribution in [3.8, 4) is 5.75 Å². The minimum absolute atomic E-state index is 0.0323. The first-order valence-electron chi connectivity index (χ1n) is 17.4. The Morgan fingerprint density at radius 1 is 0.955 bits per heavy atom. The maximum absolute atomic E-state index is 14.1. The van der Waals surface area contributed by atoms with E-state index in [1.54, 1.807) is 0 Å². The van der Waals surface area contributed by atoms with Gasteiger partial charge in [0.05, 0.1) is 44.6 Å². The molecule has 0 saturated carbocycles. The van der Waals surface area contributed by atoms with Gasteiger partial charge < -0.3 is 19.2 Å². The lowest BCUT2D eigenvalue weighted by Crippen LogP contribution is -2.67. The van der Waals surface area contributed by atoms with E-state index in [1.807, 2.05) is 38.4 Å². The van der Waals surface area contributed by atoms with Crippen LogP contribution in [0.2, 0.25) is 0 Å². The van der Waals surface area contributed by atoms with Crippen LogP contribution in [-0.2, 0) is 9.84 Å². The summed E-state index contributed by atoms with van der Waals surface area (Å²) in [6.07, 6.45) is 11.2. The van der Waals surface area contributed by atoms with Gasteiger partial charge in [-0.05, 0) is 62.0 Å². The first kappa shape index (κ1) is 33.5. The predicted molar refractivity (Wildman–Crippen MR) is 179 cm³/mol. The van der Waals surface area contributed by atoms with Crippen LogP contribution in [0.25, 0.3) is 0 Å². The molecule has 4 saturated heterocycles. The molecule has 0 aromatic heterocycles. The minimum atomic E-state index is -3.54. The topological polar surface area (TPSA) is 70.1 Å². The van der Waals surface area contributed by atoms with Crippen molar-refractivity contribution in [1.82, 2.24) is 9.80 Å². The quantitative estimate of drug-likeness (QED) is 0.214. The number of benzene rings is 1. The van der Waals surface area contributed by atoms with Gasteiger partial charge in [-0.15, -0.1) is 0 Å². The smallest absolute Gasteiger partial charge is 0.175 e. The first-order valence-corrected chi connectivity index (χ1v) is 19.1. The molecular weight excluding hydrogens is 570 g/mol. The Morgan fingerprint density at radius 3 is 2.18 bits per heavy atom. The molecule has 4 heterocycles. The minimum Gasteiger partial charge on any atom is -0.494 e. The zero-order chi connectivity index (χ0) is 31.4. The van der Waals surface area contributed by atoms with Crippen molar-refractivity contribution in [3.05, 3.63) is 52.6 Å². The maximum atomic E-state index is 14.1. The average Bonchev–Trinajstić information content (AvgIpc) is 3.10. The van der Waals surface area contributed by atoms with Crippen molar-refractivity contribution in [3.63, 3.8) is 0 Å². The molecule has 4 aliphatic heterocycles. The molecule has 8 heteroatoms. The standard InChI is InChI=1S/C36H58N3O4S/c1-5-7-17-36(18-8-6-2)28-44(41,42)33-16-13-30(37(3)4)27-32(33)34(35(36)40)29-11-14-31(15-12-29)43-26-10-9-22-39-23-19-38(20-24-39)21-25-39/h11-16,32,34-35,40H,5-10,17-28H2,1-4H3/q+1/t32?,34-,35+/m0/s1. The monoisotopic (exact) mass is 628 g/mol. The third kappa shape index (κ3) is 7.24. The molecule has 1 N–H and O–H groups in total. The van der Waals surface area contributed by atoms with Crippen molar-refractivity contribution in [2.45, 2.75) is 83.7 Å². The number of hydrogen-bond donors (Lipinski definition) is 1. The van der Waals surface area contributed by atoms with Gasteiger partial charge in [0.2, 0.25) is 0 Å². The third-order valence-electron chi connectivity index (χ3n) is 11.3. The Bertz CT molecular complexity index is 1240. The fourth-order valence-corrected chi connectivity index (χ4v) is 10.8. The van der Waals surface area contributed by atoms with Gasteiger partial charge in [0.15, 0.2) is 9.84 Å². The van der Waals surface area contributed by atoms with E-state index in [1.165, 1.54) is 56.7 Å². The van der Waals surface area contributed by atoms with E-state index < -0.39 is 21.4 Å². The highest BCUT2D eigenvalue weighted by molar-refractivity contribution is 7.95. The fourth-order valence-electron chi connectivity index (χ4n) is 8.44. The number of rotatable bonds is 14. The van der Waals surface area contributed by atoms with Crippen LogP contribution in [-0.4, -0.2) is 106 Å². The van der Waals surface area contributed by atoms with Crippen LogP contribution in [0.3, 0.4) is 0 Å². The SMILES string of the molecule is CCCCC1(CCCC)CS(=O)(=O)C2=CC=C(N(C)C)CC2[C@H](c2ccc(OCCCC[N+]34CCN(CC3)CC4)cc2)[C@H]1O. The lowest BCUT2D eigenvalue weighted by molar-refractivity contribution is -0.941. The zero-order valence-electron chi connectivity index (χ0n) is 27.8. The summed E-state index contributed by atoms with van der Waals surface area (Å²) in [5, 5.41) is 12.4. The molecule has 1 aromatic carbocycles. The molecule has 44 heavy (non-hydrogen) atoms. The maximum Gasteiger partial charge on any atom is 0.175 e. The number of unbranched alkanes of at least 4 members (excludes halogenated alkanes) is 3. The summed E-state index contributed by atoms with van der Waals surface area (Å²) in [7, 11) is 0.481. The second kappa shape index (κ2) is 14.3. The number of quaternary nitrogens is 1. The summed E-state index contributed by atoms with van der Waals surface area (Å²) in [6.45, 7) is 13.9. The van der Waals surface area contributed by atoms with Gasteiger partial charge in [-0.25, -0.2) is 8.42 Å². The summed E-state index contributed by atoms with van der Waals surface area (Å²) in [6, 6.07) is 8.23. The molecule has 0 amide bonds. The van der Waals surface area contributed by atoms with Crippen LogP contribution in [0.15, 0.2) is 47.0 Å². The van der Waals surface area contributed by atoms with Gasteiger partial charge in [0.25, 0.3) is 0 Å². The van der Waals surface area contributed by atoms with Crippen molar-refractivity contribution >= 4 is 9.84 Å².